The van der Waals surface area contributed by atoms with Gasteiger partial charge in [0.05, 0.1) is 11.6 Å². The van der Waals surface area contributed by atoms with Crippen molar-refractivity contribution in [2.75, 3.05) is 13.1 Å². The quantitative estimate of drug-likeness (QED) is 0.799. The second-order valence-corrected chi connectivity index (χ2v) is 5.91. The summed E-state index contributed by atoms with van der Waals surface area (Å²) >= 11 is 0. The molecule has 1 amide bonds. The minimum atomic E-state index is -2.75. The van der Waals surface area contributed by atoms with Crippen LogP contribution >= 0.6 is 0 Å². The van der Waals surface area contributed by atoms with Crippen molar-refractivity contribution in [3.63, 3.8) is 0 Å². The number of nitriles is 1. The van der Waals surface area contributed by atoms with Crippen LogP contribution in [0.15, 0.2) is 31.1 Å². The first-order valence-electron chi connectivity index (χ1n) is 7.36. The minimum Gasteiger partial charge on any atom is -0.272 e. The molecule has 2 saturated heterocycles. The molecular weight excluding hydrogens is 302 g/mol. The molecule has 23 heavy (non-hydrogen) atoms. The summed E-state index contributed by atoms with van der Waals surface area (Å²) in [6.45, 7) is 4.04. The summed E-state index contributed by atoms with van der Waals surface area (Å²) in [6.07, 6.45) is 2.22. The molecular formula is C16H16F2N4O. The van der Waals surface area contributed by atoms with E-state index in [4.69, 9.17) is 5.26 Å². The summed E-state index contributed by atoms with van der Waals surface area (Å²) in [5, 5.41) is 12.1. The third-order valence-electron chi connectivity index (χ3n) is 4.56. The van der Waals surface area contributed by atoms with Crippen molar-refractivity contribution < 1.29 is 13.6 Å². The van der Waals surface area contributed by atoms with Crippen LogP contribution in [-0.4, -0.2) is 40.4 Å². The molecule has 0 bridgehead atoms. The molecule has 0 aromatic carbocycles. The lowest BCUT2D eigenvalue weighted by molar-refractivity contribution is -0.148. The zero-order valence-corrected chi connectivity index (χ0v) is 12.5. The van der Waals surface area contributed by atoms with Crippen molar-refractivity contribution >= 4 is 5.91 Å². The third-order valence-corrected chi connectivity index (χ3v) is 4.56. The van der Waals surface area contributed by atoms with Crippen LogP contribution in [0.3, 0.4) is 0 Å². The van der Waals surface area contributed by atoms with Crippen LogP contribution in [0.5, 0.6) is 0 Å². The highest BCUT2D eigenvalue weighted by Crippen LogP contribution is 2.46. The Morgan fingerprint density at radius 1 is 1.57 bits per heavy atom. The van der Waals surface area contributed by atoms with Crippen LogP contribution < -0.4 is 0 Å². The number of fused-ring (bicyclic) bond motifs is 1. The number of rotatable bonds is 4. The van der Waals surface area contributed by atoms with Gasteiger partial charge in [0, 0.05) is 25.5 Å². The predicted octanol–water partition coefficient (Wildman–Crippen LogP) is 2.28. The Balaban J connectivity index is 1.95. The lowest BCUT2D eigenvalue weighted by Gasteiger charge is -2.27. The van der Waals surface area contributed by atoms with E-state index in [1.54, 1.807) is 17.3 Å². The highest BCUT2D eigenvalue weighted by molar-refractivity contribution is 5.86. The summed E-state index contributed by atoms with van der Waals surface area (Å²) in [4.78, 5) is 16.8. The molecule has 5 nitrogen and oxygen atoms in total. The zero-order chi connectivity index (χ0) is 16.6. The van der Waals surface area contributed by atoms with Gasteiger partial charge in [0.25, 0.3) is 12.3 Å². The van der Waals surface area contributed by atoms with E-state index >= 15 is 0 Å². The average molecular weight is 318 g/mol. The van der Waals surface area contributed by atoms with Crippen molar-refractivity contribution in [3.05, 3.63) is 42.2 Å². The highest BCUT2D eigenvalue weighted by Gasteiger charge is 2.59. The maximum Gasteiger partial charge on any atom is 0.254 e. The molecule has 120 valence electrons. The molecule has 1 aromatic heterocycles. The van der Waals surface area contributed by atoms with Crippen molar-refractivity contribution in [2.45, 2.75) is 25.3 Å². The summed E-state index contributed by atoms with van der Waals surface area (Å²) in [7, 11) is 0. The Kier molecular flexibility index (Phi) is 3.86. The fourth-order valence-corrected chi connectivity index (χ4v) is 3.41. The van der Waals surface area contributed by atoms with E-state index in [2.05, 4.69) is 11.6 Å². The largest absolute Gasteiger partial charge is 0.272 e. The molecule has 7 heteroatoms. The first-order chi connectivity index (χ1) is 11.0. The molecule has 2 atom stereocenters. The Labute approximate surface area is 132 Å². The van der Waals surface area contributed by atoms with Crippen LogP contribution in [0.1, 0.15) is 30.0 Å². The van der Waals surface area contributed by atoms with E-state index in [0.717, 1.165) is 0 Å². The van der Waals surface area contributed by atoms with Gasteiger partial charge in [-0.2, -0.15) is 5.26 Å². The third kappa shape index (κ3) is 2.30. The SMILES string of the molecule is C=CCC1(C(F)F)CN2CCC(c3cncc(C#N)c3)N2C1=O. The molecule has 3 rings (SSSR count). The summed E-state index contributed by atoms with van der Waals surface area (Å²) < 4.78 is 27.2. The number of halogens is 2. The van der Waals surface area contributed by atoms with Gasteiger partial charge in [0.1, 0.15) is 11.5 Å². The van der Waals surface area contributed by atoms with Gasteiger partial charge in [-0.15, -0.1) is 6.58 Å². The molecule has 3 heterocycles. The number of nitrogens with zero attached hydrogens (tertiary/aromatic N) is 4. The molecule has 0 radical (unpaired) electrons. The van der Waals surface area contributed by atoms with E-state index in [-0.39, 0.29) is 19.0 Å². The molecule has 0 N–H and O–H groups in total. The Morgan fingerprint density at radius 3 is 3.00 bits per heavy atom. The van der Waals surface area contributed by atoms with Crippen LogP contribution in [0.25, 0.3) is 0 Å². The van der Waals surface area contributed by atoms with Crippen molar-refractivity contribution in [1.82, 2.24) is 15.0 Å². The van der Waals surface area contributed by atoms with Crippen LogP contribution in [0.2, 0.25) is 0 Å². The number of amides is 1. The number of pyridine rings is 1. The molecule has 0 aliphatic carbocycles. The van der Waals surface area contributed by atoms with E-state index in [1.165, 1.54) is 17.3 Å². The van der Waals surface area contributed by atoms with Gasteiger partial charge in [-0.3, -0.25) is 14.8 Å². The van der Waals surface area contributed by atoms with Gasteiger partial charge >= 0.3 is 0 Å². The standard InChI is InChI=1S/C16H16F2N4O/c1-2-4-16(14(17)18)10-21-5-3-13(22(21)15(16)23)12-6-11(7-19)8-20-9-12/h2,6,8-9,13-14H,1,3-5,10H2. The molecule has 2 fully saturated rings. The van der Waals surface area contributed by atoms with E-state index in [0.29, 0.717) is 24.1 Å². The van der Waals surface area contributed by atoms with Crippen molar-refractivity contribution in [3.8, 4) is 6.07 Å². The molecule has 2 aliphatic rings. The molecule has 0 saturated carbocycles. The molecule has 2 unspecified atom stereocenters. The van der Waals surface area contributed by atoms with E-state index in [1.807, 2.05) is 6.07 Å². The van der Waals surface area contributed by atoms with E-state index in [9.17, 15) is 13.6 Å². The number of hydrogen-bond acceptors (Lipinski definition) is 4. The van der Waals surface area contributed by atoms with Gasteiger partial charge < -0.3 is 0 Å². The highest BCUT2D eigenvalue weighted by atomic mass is 19.3. The minimum absolute atomic E-state index is 0.00259. The lowest BCUT2D eigenvalue weighted by Crippen LogP contribution is -2.41. The maximum absolute atomic E-state index is 13.6. The number of alkyl halides is 2. The molecule has 1 aromatic rings. The van der Waals surface area contributed by atoms with Gasteiger partial charge in [0.15, 0.2) is 0 Å². The Hall–Kier alpha value is -2.33. The molecule has 0 spiro atoms. The number of aromatic nitrogens is 1. The number of carbonyl (C=O) groups is 1. The maximum atomic E-state index is 13.6. The van der Waals surface area contributed by atoms with Crippen molar-refractivity contribution in [2.24, 2.45) is 5.41 Å². The molecule has 2 aliphatic heterocycles. The lowest BCUT2D eigenvalue weighted by atomic mass is 9.84. The second kappa shape index (κ2) is 5.70. The van der Waals surface area contributed by atoms with E-state index < -0.39 is 17.7 Å². The van der Waals surface area contributed by atoms with Gasteiger partial charge in [0.2, 0.25) is 0 Å². The smallest absolute Gasteiger partial charge is 0.254 e. The number of allylic oxidation sites excluding steroid dienone is 1. The Morgan fingerprint density at radius 2 is 2.35 bits per heavy atom. The summed E-state index contributed by atoms with van der Waals surface area (Å²) in [5.41, 5.74) is -0.636. The fraction of sp³-hybridized carbons (Fsp3) is 0.438. The fourth-order valence-electron chi connectivity index (χ4n) is 3.41. The van der Waals surface area contributed by atoms with Crippen molar-refractivity contribution in [1.29, 1.82) is 5.26 Å². The average Bonchev–Trinajstić information content (AvgIpc) is 3.07. The van der Waals surface area contributed by atoms with Crippen LogP contribution in [-0.2, 0) is 4.79 Å². The van der Waals surface area contributed by atoms with Crippen LogP contribution in [0.4, 0.5) is 8.78 Å². The monoisotopic (exact) mass is 318 g/mol. The zero-order valence-electron chi connectivity index (χ0n) is 12.5. The first kappa shape index (κ1) is 15.6. The summed E-state index contributed by atoms with van der Waals surface area (Å²) in [5.74, 6) is -0.572. The summed E-state index contributed by atoms with van der Waals surface area (Å²) in [6, 6.07) is 3.31. The number of hydrazine groups is 1. The Bertz CT molecular complexity index is 687. The van der Waals surface area contributed by atoms with Crippen LogP contribution in [0, 0.1) is 16.7 Å². The van der Waals surface area contributed by atoms with Gasteiger partial charge in [-0.25, -0.2) is 13.8 Å². The normalized spacial score (nSPS) is 27.3. The van der Waals surface area contributed by atoms with Gasteiger partial charge in [-0.1, -0.05) is 6.08 Å². The van der Waals surface area contributed by atoms with Gasteiger partial charge in [-0.05, 0) is 24.5 Å². The number of hydrogen-bond donors (Lipinski definition) is 0. The topological polar surface area (TPSA) is 60.2 Å². The number of carbonyl (C=O) groups excluding carboxylic acids is 1. The second-order valence-electron chi connectivity index (χ2n) is 5.91. The predicted molar refractivity (Wildman–Crippen MR) is 78.0 cm³/mol. The first-order valence-corrected chi connectivity index (χ1v) is 7.36.